The third kappa shape index (κ3) is 12.9. The molecule has 1 aliphatic carbocycles. The third-order valence-electron chi connectivity index (χ3n) is 12.6. The van der Waals surface area contributed by atoms with E-state index in [9.17, 15) is 28.8 Å². The van der Waals surface area contributed by atoms with Gasteiger partial charge in [0.1, 0.15) is 23.5 Å². The van der Waals surface area contributed by atoms with Crippen molar-refractivity contribution in [1.82, 2.24) is 30.8 Å². The molecule has 2 atom stereocenters. The summed E-state index contributed by atoms with van der Waals surface area (Å²) in [5.41, 5.74) is 3.32. The van der Waals surface area contributed by atoms with Crippen molar-refractivity contribution in [2.24, 2.45) is 0 Å². The standard InChI is InChI=1S/C48H64N10O11/c1-4-37-47(64)56(2)39-29-51-48(55-43(39)58(37)32-8-5-6-9-32)53-36-13-12-31(28-40(36)65-3)44(61)50-19-21-67-23-25-69-27-26-68-24-22-66-20-18-49-17-16-42(60)52-35-11-7-10-33-34(35)30-57(46(33)63)38-14-15-41(59)54-45(38)62/h7,10-13,28-29,32,37-38,49H,4-6,8-9,14-27,30H2,1-3H3,(H,50,61)(H,52,60)(H,51,53,55)(H,54,59,62)/t37-,38?/m1/s1. The van der Waals surface area contributed by atoms with Crippen molar-refractivity contribution >= 4 is 64.3 Å². The number of aromatic nitrogens is 2. The Bertz CT molecular complexity index is 2310. The minimum absolute atomic E-state index is 0.0548. The van der Waals surface area contributed by atoms with Gasteiger partial charge in [0.15, 0.2) is 5.82 Å². The second-order valence-electron chi connectivity index (χ2n) is 17.1. The predicted molar refractivity (Wildman–Crippen MR) is 255 cm³/mol. The molecule has 6 amide bonds. The van der Waals surface area contributed by atoms with Crippen LogP contribution >= 0.6 is 0 Å². The van der Waals surface area contributed by atoms with E-state index in [1.54, 1.807) is 54.5 Å². The number of amides is 6. The van der Waals surface area contributed by atoms with Gasteiger partial charge in [0.05, 0.1) is 71.8 Å². The maximum Gasteiger partial charge on any atom is 0.255 e. The summed E-state index contributed by atoms with van der Waals surface area (Å²) in [5, 5.41) is 14.5. The minimum Gasteiger partial charge on any atom is -0.495 e. The highest BCUT2D eigenvalue weighted by Gasteiger charge is 2.42. The molecule has 7 rings (SSSR count). The molecule has 0 bridgehead atoms. The summed E-state index contributed by atoms with van der Waals surface area (Å²) in [7, 11) is 3.30. The van der Waals surface area contributed by atoms with Crippen LogP contribution < -0.4 is 41.1 Å². The molecular formula is C48H64N10O11. The van der Waals surface area contributed by atoms with Gasteiger partial charge in [-0.25, -0.2) is 4.98 Å². The van der Waals surface area contributed by atoms with Crippen LogP contribution in [0, 0.1) is 0 Å². The van der Waals surface area contributed by atoms with Gasteiger partial charge >= 0.3 is 0 Å². The third-order valence-corrected chi connectivity index (χ3v) is 12.6. The molecule has 2 fully saturated rings. The first-order valence-electron chi connectivity index (χ1n) is 23.8. The van der Waals surface area contributed by atoms with Gasteiger partial charge in [-0.1, -0.05) is 25.8 Å². The average Bonchev–Trinajstić information content (AvgIpc) is 4.01. The number of hydrogen-bond acceptors (Lipinski definition) is 16. The lowest BCUT2D eigenvalue weighted by Crippen LogP contribution is -2.55. The summed E-state index contributed by atoms with van der Waals surface area (Å²) in [5.74, 6) is 0.00266. The van der Waals surface area contributed by atoms with Gasteiger partial charge in [0, 0.05) is 74.5 Å². The number of likely N-dealkylation sites (N-methyl/N-ethyl adjacent to an activating group) is 1. The first kappa shape index (κ1) is 50.6. The molecule has 2 aromatic carbocycles. The molecule has 372 valence electrons. The number of fused-ring (bicyclic) bond motifs is 2. The van der Waals surface area contributed by atoms with Crippen LogP contribution in [0.1, 0.15) is 84.6 Å². The predicted octanol–water partition coefficient (Wildman–Crippen LogP) is 2.91. The molecule has 1 aromatic heterocycles. The van der Waals surface area contributed by atoms with Crippen molar-refractivity contribution in [2.75, 3.05) is 107 Å². The van der Waals surface area contributed by atoms with Crippen LogP contribution in [0.3, 0.4) is 0 Å². The van der Waals surface area contributed by atoms with E-state index >= 15 is 0 Å². The molecule has 0 radical (unpaired) electrons. The zero-order chi connectivity index (χ0) is 48.7. The molecular weight excluding hydrogens is 893 g/mol. The number of piperidine rings is 1. The zero-order valence-corrected chi connectivity index (χ0v) is 39.6. The van der Waals surface area contributed by atoms with Gasteiger partial charge in [-0.2, -0.15) is 4.98 Å². The van der Waals surface area contributed by atoms with Crippen LogP contribution in [0.25, 0.3) is 0 Å². The summed E-state index contributed by atoms with van der Waals surface area (Å²) in [4.78, 5) is 90.6. The highest BCUT2D eigenvalue weighted by Crippen LogP contribution is 2.40. The highest BCUT2D eigenvalue weighted by molar-refractivity contribution is 6.07. The SMILES string of the molecule is CC[C@@H]1C(=O)N(C)c2cnc(Nc3ccc(C(=O)NCCOCCOCCOCCOCCNCCC(=O)Nc4cccc5c4CN(C4CCC(=O)NC4=O)C5=O)cc3OC)nc2N1C1CCCC1. The topological polar surface area (TPSA) is 244 Å². The Labute approximate surface area is 401 Å². The number of anilines is 5. The molecule has 21 nitrogen and oxygen atoms in total. The smallest absolute Gasteiger partial charge is 0.255 e. The number of carbonyl (C=O) groups is 6. The van der Waals surface area contributed by atoms with E-state index in [-0.39, 0.29) is 67.4 Å². The van der Waals surface area contributed by atoms with Crippen LogP contribution in [0.5, 0.6) is 5.75 Å². The number of benzene rings is 2. The van der Waals surface area contributed by atoms with Crippen LogP contribution in [0.4, 0.5) is 28.8 Å². The Kier molecular flexibility index (Phi) is 18.2. The number of nitrogens with one attached hydrogen (secondary N) is 5. The van der Waals surface area contributed by atoms with Gasteiger partial charge in [0.2, 0.25) is 29.6 Å². The van der Waals surface area contributed by atoms with E-state index in [1.165, 1.54) is 12.0 Å². The second kappa shape index (κ2) is 24.9. The minimum atomic E-state index is -0.724. The highest BCUT2D eigenvalue weighted by atomic mass is 16.6. The molecule has 4 heterocycles. The summed E-state index contributed by atoms with van der Waals surface area (Å²) in [6, 6.07) is 9.46. The lowest BCUT2D eigenvalue weighted by molar-refractivity contribution is -0.137. The largest absolute Gasteiger partial charge is 0.495 e. The first-order chi connectivity index (χ1) is 33.6. The van der Waals surface area contributed by atoms with Crippen molar-refractivity contribution < 1.29 is 52.5 Å². The van der Waals surface area contributed by atoms with E-state index < -0.39 is 11.9 Å². The maximum atomic E-state index is 13.3. The van der Waals surface area contributed by atoms with Gasteiger partial charge in [-0.05, 0) is 56.0 Å². The molecule has 1 saturated heterocycles. The van der Waals surface area contributed by atoms with Crippen molar-refractivity contribution in [3.63, 3.8) is 0 Å². The molecule has 3 aliphatic heterocycles. The number of hydrogen-bond donors (Lipinski definition) is 5. The van der Waals surface area contributed by atoms with Crippen LogP contribution in [0.15, 0.2) is 42.6 Å². The lowest BCUT2D eigenvalue weighted by atomic mass is 10.0. The number of ether oxygens (including phenoxy) is 5. The molecule has 69 heavy (non-hydrogen) atoms. The Morgan fingerprint density at radius 3 is 2.26 bits per heavy atom. The van der Waals surface area contributed by atoms with Gasteiger partial charge in [-0.15, -0.1) is 0 Å². The maximum absolute atomic E-state index is 13.3. The Morgan fingerprint density at radius 2 is 1.57 bits per heavy atom. The van der Waals surface area contributed by atoms with Crippen LogP contribution in [-0.2, 0) is 44.7 Å². The molecule has 21 heteroatoms. The monoisotopic (exact) mass is 956 g/mol. The fraction of sp³-hybridized carbons (Fsp3) is 0.542. The summed E-state index contributed by atoms with van der Waals surface area (Å²) in [6.07, 6.45) is 7.33. The number of rotatable bonds is 26. The first-order valence-corrected chi connectivity index (χ1v) is 23.8. The van der Waals surface area contributed by atoms with Gasteiger partial charge < -0.3 is 59.7 Å². The molecule has 1 unspecified atom stereocenters. The summed E-state index contributed by atoms with van der Waals surface area (Å²) >= 11 is 0. The Hall–Kier alpha value is -6.26. The molecule has 4 aliphatic rings. The van der Waals surface area contributed by atoms with E-state index in [2.05, 4.69) is 36.5 Å². The second-order valence-corrected chi connectivity index (χ2v) is 17.1. The molecule has 3 aromatic rings. The number of nitrogens with zero attached hydrogens (tertiary/aromatic N) is 5. The average molecular weight is 957 g/mol. The Morgan fingerprint density at radius 1 is 0.855 bits per heavy atom. The lowest BCUT2D eigenvalue weighted by Gasteiger charge is -2.43. The van der Waals surface area contributed by atoms with E-state index in [0.29, 0.717) is 124 Å². The number of imide groups is 1. The summed E-state index contributed by atoms with van der Waals surface area (Å²) < 4.78 is 28.0. The molecule has 5 N–H and O–H groups in total. The summed E-state index contributed by atoms with van der Waals surface area (Å²) in [6.45, 7) is 6.58. The Balaban J connectivity index is 0.691. The molecule has 0 spiro atoms. The van der Waals surface area contributed by atoms with Crippen molar-refractivity contribution in [1.29, 1.82) is 0 Å². The van der Waals surface area contributed by atoms with E-state index in [4.69, 9.17) is 28.7 Å². The fourth-order valence-corrected chi connectivity index (χ4v) is 8.99. The number of carbonyl (C=O) groups excluding carboxylic acids is 6. The van der Waals surface area contributed by atoms with Crippen molar-refractivity contribution in [2.45, 2.75) is 83.0 Å². The quantitative estimate of drug-likeness (QED) is 0.0574. The zero-order valence-electron chi connectivity index (χ0n) is 39.6. The van der Waals surface area contributed by atoms with Crippen LogP contribution in [-0.4, -0.2) is 155 Å². The molecule has 1 saturated carbocycles. The van der Waals surface area contributed by atoms with Crippen LogP contribution in [0.2, 0.25) is 0 Å². The van der Waals surface area contributed by atoms with Crippen molar-refractivity contribution in [3.8, 4) is 5.75 Å². The van der Waals surface area contributed by atoms with Crippen molar-refractivity contribution in [3.05, 3.63) is 59.3 Å². The van der Waals surface area contributed by atoms with Gasteiger partial charge in [0.25, 0.3) is 11.8 Å². The van der Waals surface area contributed by atoms with E-state index in [1.807, 2.05) is 6.92 Å². The fourth-order valence-electron chi connectivity index (χ4n) is 8.99. The van der Waals surface area contributed by atoms with Gasteiger partial charge in [-0.3, -0.25) is 34.1 Å². The van der Waals surface area contributed by atoms with E-state index in [0.717, 1.165) is 31.5 Å². The normalized spacial score (nSPS) is 18.0. The number of methoxy groups -OCH3 is 1.